The van der Waals surface area contributed by atoms with Crippen LogP contribution in [0.3, 0.4) is 0 Å². The van der Waals surface area contributed by atoms with Crippen molar-refractivity contribution < 1.29 is 18.3 Å². The maximum absolute atomic E-state index is 13.0. The van der Waals surface area contributed by atoms with E-state index in [9.17, 15) is 13.2 Å². The van der Waals surface area contributed by atoms with Gasteiger partial charge in [0, 0.05) is 24.9 Å². The number of nitrogens with one attached hydrogen (secondary N) is 2. The lowest BCUT2D eigenvalue weighted by Crippen LogP contribution is -2.14. The van der Waals surface area contributed by atoms with Crippen LogP contribution in [0.15, 0.2) is 30.3 Å². The molecule has 0 radical (unpaired) electrons. The largest absolute Gasteiger partial charge is 0.433 e. The van der Waals surface area contributed by atoms with Crippen LogP contribution in [0.5, 0.6) is 0 Å². The third-order valence-electron chi connectivity index (χ3n) is 3.04. The topological polar surface area (TPSA) is 70.1 Å². The molecular formula is C15H17F3N4O. The van der Waals surface area contributed by atoms with Gasteiger partial charge in [0.2, 0.25) is 5.95 Å². The van der Waals surface area contributed by atoms with Crippen molar-refractivity contribution in [3.63, 3.8) is 0 Å². The number of hydrogen-bond donors (Lipinski definition) is 3. The Balaban J connectivity index is 2.30. The SMILES string of the molecule is Cc1ccccc1Nc1cc(C(F)(F)F)nc(NCCCO)n1. The van der Waals surface area contributed by atoms with Gasteiger partial charge in [0.25, 0.3) is 0 Å². The average Bonchev–Trinajstić information content (AvgIpc) is 2.49. The number of hydrogen-bond acceptors (Lipinski definition) is 5. The minimum Gasteiger partial charge on any atom is -0.396 e. The molecule has 5 nitrogen and oxygen atoms in total. The predicted octanol–water partition coefficient (Wildman–Crippen LogP) is 3.34. The summed E-state index contributed by atoms with van der Waals surface area (Å²) in [6.45, 7) is 2.05. The highest BCUT2D eigenvalue weighted by molar-refractivity contribution is 5.61. The van der Waals surface area contributed by atoms with Crippen molar-refractivity contribution in [2.24, 2.45) is 0 Å². The van der Waals surface area contributed by atoms with Gasteiger partial charge in [-0.1, -0.05) is 18.2 Å². The van der Waals surface area contributed by atoms with Gasteiger partial charge >= 0.3 is 6.18 Å². The first kappa shape index (κ1) is 17.0. The summed E-state index contributed by atoms with van der Waals surface area (Å²) in [7, 11) is 0. The van der Waals surface area contributed by atoms with Crippen LogP contribution in [0, 0.1) is 6.92 Å². The molecule has 0 aliphatic rings. The van der Waals surface area contributed by atoms with Crippen molar-refractivity contribution in [1.29, 1.82) is 0 Å². The van der Waals surface area contributed by atoms with E-state index in [0.717, 1.165) is 11.6 Å². The highest BCUT2D eigenvalue weighted by atomic mass is 19.4. The molecule has 0 saturated carbocycles. The first-order chi connectivity index (χ1) is 10.9. The van der Waals surface area contributed by atoms with E-state index in [4.69, 9.17) is 5.11 Å². The Hall–Kier alpha value is -2.35. The van der Waals surface area contributed by atoms with Crippen LogP contribution in [0.2, 0.25) is 0 Å². The monoisotopic (exact) mass is 326 g/mol. The Labute approximate surface area is 131 Å². The van der Waals surface area contributed by atoms with Gasteiger partial charge < -0.3 is 15.7 Å². The smallest absolute Gasteiger partial charge is 0.396 e. The molecular weight excluding hydrogens is 309 g/mol. The third-order valence-corrected chi connectivity index (χ3v) is 3.04. The number of halogens is 3. The number of alkyl halides is 3. The molecule has 0 aliphatic carbocycles. The second kappa shape index (κ2) is 7.28. The molecule has 124 valence electrons. The number of para-hydroxylation sites is 1. The van der Waals surface area contributed by atoms with Crippen LogP contribution in [0.1, 0.15) is 17.7 Å². The summed E-state index contributed by atoms with van der Waals surface area (Å²) in [6, 6.07) is 8.08. The number of nitrogens with zero attached hydrogens (tertiary/aromatic N) is 2. The lowest BCUT2D eigenvalue weighted by Gasteiger charge is -2.13. The number of aryl methyl sites for hydroxylation is 1. The fourth-order valence-corrected chi connectivity index (χ4v) is 1.87. The van der Waals surface area contributed by atoms with Gasteiger partial charge in [-0.2, -0.15) is 18.2 Å². The second-order valence-electron chi connectivity index (χ2n) is 4.90. The zero-order valence-electron chi connectivity index (χ0n) is 12.5. The Morgan fingerprint density at radius 1 is 1.17 bits per heavy atom. The Morgan fingerprint density at radius 2 is 1.91 bits per heavy atom. The number of anilines is 3. The van der Waals surface area contributed by atoms with Crippen molar-refractivity contribution >= 4 is 17.5 Å². The standard InChI is InChI=1S/C15H17F3N4O/c1-10-5-2-3-6-11(10)20-13-9-12(15(16,17)18)21-14(22-13)19-7-4-8-23/h2-3,5-6,9,23H,4,7-8H2,1H3,(H2,19,20,21,22). The zero-order valence-corrected chi connectivity index (χ0v) is 12.5. The first-order valence-electron chi connectivity index (χ1n) is 7.04. The van der Waals surface area contributed by atoms with Crippen LogP contribution in [-0.4, -0.2) is 28.2 Å². The molecule has 8 heteroatoms. The molecule has 0 fully saturated rings. The molecule has 3 N–H and O–H groups in total. The van der Waals surface area contributed by atoms with Gasteiger partial charge in [0.1, 0.15) is 5.82 Å². The minimum absolute atomic E-state index is 0.0492. The first-order valence-corrected chi connectivity index (χ1v) is 7.04. The molecule has 0 bridgehead atoms. The van der Waals surface area contributed by atoms with Gasteiger partial charge in [-0.3, -0.25) is 0 Å². The van der Waals surface area contributed by atoms with Crippen molar-refractivity contribution in [3.05, 3.63) is 41.6 Å². The lowest BCUT2D eigenvalue weighted by molar-refractivity contribution is -0.141. The second-order valence-corrected chi connectivity index (χ2v) is 4.90. The maximum Gasteiger partial charge on any atom is 0.433 e. The van der Waals surface area contributed by atoms with E-state index >= 15 is 0 Å². The fraction of sp³-hybridized carbons (Fsp3) is 0.333. The lowest BCUT2D eigenvalue weighted by atomic mass is 10.2. The quantitative estimate of drug-likeness (QED) is 0.710. The minimum atomic E-state index is -4.57. The summed E-state index contributed by atoms with van der Waals surface area (Å²) in [5, 5.41) is 14.3. The molecule has 1 heterocycles. The molecule has 0 aliphatic heterocycles. The van der Waals surface area contributed by atoms with Crippen LogP contribution in [0.25, 0.3) is 0 Å². The molecule has 2 aromatic rings. The normalized spacial score (nSPS) is 11.3. The summed E-state index contributed by atoms with van der Waals surface area (Å²) in [4.78, 5) is 7.51. The van der Waals surface area contributed by atoms with Crippen LogP contribution >= 0.6 is 0 Å². The van der Waals surface area contributed by atoms with E-state index in [2.05, 4.69) is 20.6 Å². The van der Waals surface area contributed by atoms with Crippen LogP contribution < -0.4 is 10.6 Å². The van der Waals surface area contributed by atoms with Gasteiger partial charge in [0.05, 0.1) is 0 Å². The zero-order chi connectivity index (χ0) is 16.9. The number of rotatable bonds is 6. The third kappa shape index (κ3) is 4.82. The number of benzene rings is 1. The van der Waals surface area contributed by atoms with Crippen LogP contribution in [0.4, 0.5) is 30.6 Å². The van der Waals surface area contributed by atoms with E-state index in [1.54, 1.807) is 12.1 Å². The molecule has 0 amide bonds. The molecule has 23 heavy (non-hydrogen) atoms. The summed E-state index contributed by atoms with van der Waals surface area (Å²) < 4.78 is 38.9. The summed E-state index contributed by atoms with van der Waals surface area (Å²) in [5.41, 5.74) is 0.519. The predicted molar refractivity (Wildman–Crippen MR) is 81.7 cm³/mol. The van der Waals surface area contributed by atoms with E-state index < -0.39 is 11.9 Å². The summed E-state index contributed by atoms with van der Waals surface area (Å²) >= 11 is 0. The molecule has 2 rings (SSSR count). The maximum atomic E-state index is 13.0. The summed E-state index contributed by atoms with van der Waals surface area (Å²) in [5.74, 6) is -0.0857. The molecule has 0 spiro atoms. The van der Waals surface area contributed by atoms with Crippen molar-refractivity contribution in [2.45, 2.75) is 19.5 Å². The van der Waals surface area contributed by atoms with E-state index in [1.165, 1.54) is 0 Å². The van der Waals surface area contributed by atoms with Gasteiger partial charge in [-0.05, 0) is 25.0 Å². The van der Waals surface area contributed by atoms with Gasteiger partial charge in [-0.15, -0.1) is 0 Å². The molecule has 0 atom stereocenters. The molecule has 0 unspecified atom stereocenters. The Kier molecular flexibility index (Phi) is 5.38. The van der Waals surface area contributed by atoms with Crippen molar-refractivity contribution in [1.82, 2.24) is 9.97 Å². The van der Waals surface area contributed by atoms with Crippen molar-refractivity contribution in [2.75, 3.05) is 23.8 Å². The van der Waals surface area contributed by atoms with Crippen molar-refractivity contribution in [3.8, 4) is 0 Å². The molecule has 1 aromatic carbocycles. The molecule has 1 aromatic heterocycles. The van der Waals surface area contributed by atoms with E-state index in [0.29, 0.717) is 12.1 Å². The highest BCUT2D eigenvalue weighted by Gasteiger charge is 2.33. The molecule has 0 saturated heterocycles. The average molecular weight is 326 g/mol. The summed E-state index contributed by atoms with van der Waals surface area (Å²) in [6.07, 6.45) is -4.18. The van der Waals surface area contributed by atoms with Gasteiger partial charge in [-0.25, -0.2) is 4.98 Å². The number of aliphatic hydroxyl groups is 1. The van der Waals surface area contributed by atoms with Gasteiger partial charge in [0.15, 0.2) is 5.69 Å². The fourth-order valence-electron chi connectivity index (χ4n) is 1.87. The number of aromatic nitrogens is 2. The van der Waals surface area contributed by atoms with E-state index in [1.807, 2.05) is 19.1 Å². The number of aliphatic hydroxyl groups excluding tert-OH is 1. The van der Waals surface area contributed by atoms with Crippen LogP contribution in [-0.2, 0) is 6.18 Å². The Morgan fingerprint density at radius 3 is 2.57 bits per heavy atom. The van der Waals surface area contributed by atoms with E-state index in [-0.39, 0.29) is 24.9 Å². The Bertz CT molecular complexity index is 661. The highest BCUT2D eigenvalue weighted by Crippen LogP contribution is 2.30.